The molecule has 0 radical (unpaired) electrons. The molecule has 1 N–H and O–H groups in total. The Bertz CT molecular complexity index is 869. The van der Waals surface area contributed by atoms with Crippen LogP contribution in [0.15, 0.2) is 48.5 Å². The van der Waals surface area contributed by atoms with Gasteiger partial charge in [0.05, 0.1) is 5.02 Å². The normalized spacial score (nSPS) is 14.9. The second-order valence-electron chi connectivity index (χ2n) is 7.53. The monoisotopic (exact) mass is 432 g/mol. The Labute approximate surface area is 181 Å². The van der Waals surface area contributed by atoms with Crippen LogP contribution in [-0.2, 0) is 16.1 Å². The highest BCUT2D eigenvalue weighted by Crippen LogP contribution is 2.23. The number of halogens is 2. The molecule has 30 heavy (non-hydrogen) atoms. The van der Waals surface area contributed by atoms with Crippen LogP contribution in [0.5, 0.6) is 5.75 Å². The fourth-order valence-corrected chi connectivity index (χ4v) is 3.74. The molecule has 0 saturated heterocycles. The van der Waals surface area contributed by atoms with Crippen LogP contribution in [0.4, 0.5) is 4.39 Å². The molecule has 5 nitrogen and oxygen atoms in total. The molecule has 1 aliphatic carbocycles. The molecule has 0 heterocycles. The van der Waals surface area contributed by atoms with E-state index in [1.807, 2.05) is 0 Å². The fourth-order valence-electron chi connectivity index (χ4n) is 3.55. The van der Waals surface area contributed by atoms with Crippen molar-refractivity contribution in [1.29, 1.82) is 0 Å². The van der Waals surface area contributed by atoms with Crippen molar-refractivity contribution in [3.05, 3.63) is 64.9 Å². The van der Waals surface area contributed by atoms with Gasteiger partial charge in [0, 0.05) is 12.6 Å². The number of amides is 2. The molecule has 2 amide bonds. The summed E-state index contributed by atoms with van der Waals surface area (Å²) in [7, 11) is 0. The highest BCUT2D eigenvalue weighted by molar-refractivity contribution is 6.32. The average Bonchev–Trinajstić information content (AvgIpc) is 3.25. The van der Waals surface area contributed by atoms with Gasteiger partial charge in [0.15, 0.2) is 6.61 Å². The molecule has 0 unspecified atom stereocenters. The largest absolute Gasteiger partial charge is 0.482 e. The number of carbonyl (C=O) groups excluding carboxylic acids is 2. The number of ether oxygens (including phenoxy) is 1. The van der Waals surface area contributed by atoms with Gasteiger partial charge in [0.2, 0.25) is 5.91 Å². The van der Waals surface area contributed by atoms with E-state index in [4.69, 9.17) is 16.3 Å². The van der Waals surface area contributed by atoms with Crippen molar-refractivity contribution in [2.24, 2.45) is 0 Å². The van der Waals surface area contributed by atoms with Crippen LogP contribution in [-0.4, -0.2) is 35.4 Å². The minimum absolute atomic E-state index is 0.155. The molecule has 1 aliphatic rings. The van der Waals surface area contributed by atoms with Crippen molar-refractivity contribution in [3.63, 3.8) is 0 Å². The van der Waals surface area contributed by atoms with E-state index in [2.05, 4.69) is 5.32 Å². The zero-order chi connectivity index (χ0) is 21.5. The molecule has 0 aromatic heterocycles. The molecule has 160 valence electrons. The summed E-state index contributed by atoms with van der Waals surface area (Å²) in [6.45, 7) is 1.61. The van der Waals surface area contributed by atoms with Crippen molar-refractivity contribution in [1.82, 2.24) is 10.2 Å². The molecular formula is C23H26ClFN2O3. The van der Waals surface area contributed by atoms with Gasteiger partial charge in [-0.2, -0.15) is 0 Å². The first kappa shape index (κ1) is 22.1. The number of carbonyl (C=O) groups is 2. The van der Waals surface area contributed by atoms with E-state index in [9.17, 15) is 14.0 Å². The van der Waals surface area contributed by atoms with E-state index in [-0.39, 0.29) is 36.8 Å². The second kappa shape index (κ2) is 10.4. The lowest BCUT2D eigenvalue weighted by atomic mass is 10.1. The van der Waals surface area contributed by atoms with Gasteiger partial charge in [-0.05, 0) is 49.6 Å². The summed E-state index contributed by atoms with van der Waals surface area (Å²) in [4.78, 5) is 27.2. The maximum atomic E-state index is 13.3. The van der Waals surface area contributed by atoms with Crippen LogP contribution in [0.2, 0.25) is 5.02 Å². The number of benzene rings is 2. The summed E-state index contributed by atoms with van der Waals surface area (Å²) in [5, 5.41) is 3.44. The van der Waals surface area contributed by atoms with Gasteiger partial charge in [-0.25, -0.2) is 4.39 Å². The SMILES string of the molecule is C[C@H](C(=O)NC1CCCC1)N(Cc1ccc(F)cc1)C(=O)COc1ccccc1Cl. The summed E-state index contributed by atoms with van der Waals surface area (Å²) in [6, 6.07) is 12.2. The Hall–Kier alpha value is -2.60. The number of rotatable bonds is 8. The number of para-hydroxylation sites is 1. The van der Waals surface area contributed by atoms with Crippen LogP contribution in [0.1, 0.15) is 38.2 Å². The molecule has 2 aromatic rings. The van der Waals surface area contributed by atoms with E-state index < -0.39 is 6.04 Å². The number of nitrogens with zero attached hydrogens (tertiary/aromatic N) is 1. The van der Waals surface area contributed by atoms with Crippen molar-refractivity contribution < 1.29 is 18.7 Å². The van der Waals surface area contributed by atoms with Gasteiger partial charge in [0.1, 0.15) is 17.6 Å². The third-order valence-electron chi connectivity index (χ3n) is 5.32. The molecule has 0 spiro atoms. The Balaban J connectivity index is 1.71. The van der Waals surface area contributed by atoms with Gasteiger partial charge in [-0.3, -0.25) is 9.59 Å². The number of nitrogens with one attached hydrogen (secondary N) is 1. The first-order valence-electron chi connectivity index (χ1n) is 10.2. The van der Waals surface area contributed by atoms with E-state index in [1.165, 1.54) is 17.0 Å². The van der Waals surface area contributed by atoms with Crippen molar-refractivity contribution >= 4 is 23.4 Å². The first-order chi connectivity index (χ1) is 14.4. The minimum atomic E-state index is -0.696. The summed E-state index contributed by atoms with van der Waals surface area (Å²) < 4.78 is 18.9. The summed E-state index contributed by atoms with van der Waals surface area (Å²) in [5.74, 6) is -0.508. The third kappa shape index (κ3) is 5.95. The highest BCUT2D eigenvalue weighted by Gasteiger charge is 2.28. The van der Waals surface area contributed by atoms with Gasteiger partial charge in [0.25, 0.3) is 5.91 Å². The van der Waals surface area contributed by atoms with E-state index in [0.717, 1.165) is 31.2 Å². The Morgan fingerprint density at radius 2 is 1.83 bits per heavy atom. The van der Waals surface area contributed by atoms with Gasteiger partial charge < -0.3 is 15.0 Å². The molecule has 1 fully saturated rings. The van der Waals surface area contributed by atoms with Gasteiger partial charge in [-0.1, -0.05) is 48.7 Å². The van der Waals surface area contributed by atoms with E-state index >= 15 is 0 Å². The van der Waals surface area contributed by atoms with Crippen molar-refractivity contribution in [3.8, 4) is 5.75 Å². The van der Waals surface area contributed by atoms with E-state index in [1.54, 1.807) is 43.3 Å². The molecule has 1 saturated carbocycles. The standard InChI is InChI=1S/C23H26ClFN2O3/c1-16(23(29)26-19-6-2-3-7-19)27(14-17-10-12-18(25)13-11-17)22(28)15-30-21-9-5-4-8-20(21)24/h4-5,8-13,16,19H,2-3,6-7,14-15H2,1H3,(H,26,29)/t16-/m1/s1. The zero-order valence-electron chi connectivity index (χ0n) is 16.9. The maximum absolute atomic E-state index is 13.3. The lowest BCUT2D eigenvalue weighted by molar-refractivity contribution is -0.142. The number of hydrogen-bond acceptors (Lipinski definition) is 3. The summed E-state index contributed by atoms with van der Waals surface area (Å²) in [6.07, 6.45) is 4.12. The second-order valence-corrected chi connectivity index (χ2v) is 7.94. The van der Waals surface area contributed by atoms with Crippen LogP contribution in [0.25, 0.3) is 0 Å². The summed E-state index contributed by atoms with van der Waals surface area (Å²) in [5.41, 5.74) is 0.725. The molecule has 1 atom stereocenters. The maximum Gasteiger partial charge on any atom is 0.261 e. The van der Waals surface area contributed by atoms with Crippen molar-refractivity contribution in [2.75, 3.05) is 6.61 Å². The molecule has 0 aliphatic heterocycles. The fraction of sp³-hybridized carbons (Fsp3) is 0.391. The molecule has 3 rings (SSSR count). The average molecular weight is 433 g/mol. The topological polar surface area (TPSA) is 58.6 Å². The van der Waals surface area contributed by atoms with Crippen LogP contribution in [0, 0.1) is 5.82 Å². The Morgan fingerprint density at radius 1 is 1.17 bits per heavy atom. The summed E-state index contributed by atoms with van der Waals surface area (Å²) >= 11 is 6.09. The first-order valence-corrected chi connectivity index (χ1v) is 10.5. The predicted octanol–water partition coefficient (Wildman–Crippen LogP) is 4.33. The molecule has 7 heteroatoms. The van der Waals surface area contributed by atoms with Gasteiger partial charge in [-0.15, -0.1) is 0 Å². The van der Waals surface area contributed by atoms with E-state index in [0.29, 0.717) is 10.8 Å². The van der Waals surface area contributed by atoms with Crippen molar-refractivity contribution in [2.45, 2.75) is 51.2 Å². The Kier molecular flexibility index (Phi) is 7.69. The smallest absolute Gasteiger partial charge is 0.261 e. The molecular weight excluding hydrogens is 407 g/mol. The number of hydrogen-bond donors (Lipinski definition) is 1. The quantitative estimate of drug-likeness (QED) is 0.675. The minimum Gasteiger partial charge on any atom is -0.482 e. The van der Waals surface area contributed by atoms with Crippen LogP contribution >= 0.6 is 11.6 Å². The molecule has 0 bridgehead atoms. The Morgan fingerprint density at radius 3 is 2.50 bits per heavy atom. The van der Waals surface area contributed by atoms with Crippen LogP contribution in [0.3, 0.4) is 0 Å². The molecule has 2 aromatic carbocycles. The van der Waals surface area contributed by atoms with Crippen LogP contribution < -0.4 is 10.1 Å². The highest BCUT2D eigenvalue weighted by atomic mass is 35.5. The van der Waals surface area contributed by atoms with Gasteiger partial charge >= 0.3 is 0 Å². The zero-order valence-corrected chi connectivity index (χ0v) is 17.7. The lowest BCUT2D eigenvalue weighted by Crippen LogP contribution is -2.50. The lowest BCUT2D eigenvalue weighted by Gasteiger charge is -2.29. The third-order valence-corrected chi connectivity index (χ3v) is 5.64. The predicted molar refractivity (Wildman–Crippen MR) is 114 cm³/mol.